The highest BCUT2D eigenvalue weighted by Crippen LogP contribution is 2.31. The topological polar surface area (TPSA) is 56.3 Å². The summed E-state index contributed by atoms with van der Waals surface area (Å²) in [5.74, 6) is 2.71. The van der Waals surface area contributed by atoms with E-state index in [4.69, 9.17) is 15.4 Å². The van der Waals surface area contributed by atoms with Crippen LogP contribution in [0.3, 0.4) is 0 Å². The number of ether oxygens (including phenoxy) is 1. The maximum atomic E-state index is 11.6. The van der Waals surface area contributed by atoms with E-state index in [2.05, 4.69) is 11.9 Å². The first kappa shape index (κ1) is 16.4. The number of halogens is 1. The summed E-state index contributed by atoms with van der Waals surface area (Å²) in [4.78, 5) is 4.27. The molecule has 0 fully saturated rings. The Morgan fingerprint density at radius 2 is 2.14 bits per heavy atom. The molecular formula is C14H16ClNO3S2. The van der Waals surface area contributed by atoms with Gasteiger partial charge in [-0.2, -0.15) is 11.8 Å². The Hall–Kier alpha value is -0.980. The van der Waals surface area contributed by atoms with E-state index in [0.717, 1.165) is 17.9 Å². The van der Waals surface area contributed by atoms with Crippen LogP contribution in [-0.4, -0.2) is 31.5 Å². The molecule has 0 aliphatic rings. The van der Waals surface area contributed by atoms with E-state index in [1.165, 1.54) is 6.07 Å². The van der Waals surface area contributed by atoms with E-state index in [1.54, 1.807) is 24.4 Å². The maximum absolute atomic E-state index is 11.6. The third-order valence-electron chi connectivity index (χ3n) is 2.85. The summed E-state index contributed by atoms with van der Waals surface area (Å²) in [7, 11) is 1.65. The van der Waals surface area contributed by atoms with E-state index in [0.29, 0.717) is 23.3 Å². The molecule has 0 spiro atoms. The second kappa shape index (κ2) is 7.33. The molecule has 2 aromatic rings. The summed E-state index contributed by atoms with van der Waals surface area (Å²) in [6, 6.07) is 6.42. The fourth-order valence-electron chi connectivity index (χ4n) is 1.94. The lowest BCUT2D eigenvalue weighted by Gasteiger charge is -2.10. The largest absolute Gasteiger partial charge is 0.491 e. The van der Waals surface area contributed by atoms with Gasteiger partial charge in [-0.3, -0.25) is 4.98 Å². The van der Waals surface area contributed by atoms with Crippen LogP contribution >= 0.6 is 22.4 Å². The molecular weight excluding hydrogens is 330 g/mol. The summed E-state index contributed by atoms with van der Waals surface area (Å²) < 4.78 is 28.9. The van der Waals surface area contributed by atoms with Gasteiger partial charge in [0.15, 0.2) is 0 Å². The summed E-state index contributed by atoms with van der Waals surface area (Å²) >= 11 is 1.86. The summed E-state index contributed by atoms with van der Waals surface area (Å²) in [5, 5.41) is 0.480. The van der Waals surface area contributed by atoms with Crippen molar-refractivity contribution in [1.82, 2.24) is 4.98 Å². The van der Waals surface area contributed by atoms with Crippen molar-refractivity contribution in [2.24, 2.45) is 0 Å². The fourth-order valence-corrected chi connectivity index (χ4v) is 3.61. The highest BCUT2D eigenvalue weighted by Gasteiger charge is 2.17. The van der Waals surface area contributed by atoms with Crippen LogP contribution in [0.25, 0.3) is 10.9 Å². The highest BCUT2D eigenvalue weighted by molar-refractivity contribution is 8.14. The normalized spacial score (nSPS) is 11.7. The number of aromatic nitrogens is 1. The van der Waals surface area contributed by atoms with Gasteiger partial charge in [-0.05, 0) is 42.2 Å². The lowest BCUT2D eigenvalue weighted by atomic mass is 10.2. The van der Waals surface area contributed by atoms with Crippen molar-refractivity contribution in [3.05, 3.63) is 30.5 Å². The number of hydrogen-bond acceptors (Lipinski definition) is 5. The van der Waals surface area contributed by atoms with Crippen LogP contribution in [-0.2, 0) is 9.05 Å². The van der Waals surface area contributed by atoms with Crippen LogP contribution in [0.1, 0.15) is 13.3 Å². The zero-order valence-corrected chi connectivity index (χ0v) is 14.0. The van der Waals surface area contributed by atoms with Crippen molar-refractivity contribution in [1.29, 1.82) is 0 Å². The number of hydrogen-bond donors (Lipinski definition) is 0. The molecule has 114 valence electrons. The molecule has 7 heteroatoms. The van der Waals surface area contributed by atoms with Crippen LogP contribution in [0, 0.1) is 0 Å². The number of benzene rings is 1. The van der Waals surface area contributed by atoms with Gasteiger partial charge in [-0.15, -0.1) is 0 Å². The molecule has 0 radical (unpaired) electrons. The predicted molar refractivity (Wildman–Crippen MR) is 87.9 cm³/mol. The van der Waals surface area contributed by atoms with Gasteiger partial charge in [-0.1, -0.05) is 6.92 Å². The molecule has 0 bridgehead atoms. The van der Waals surface area contributed by atoms with Gasteiger partial charge in [0.25, 0.3) is 9.05 Å². The van der Waals surface area contributed by atoms with E-state index >= 15 is 0 Å². The van der Waals surface area contributed by atoms with Gasteiger partial charge in [0.2, 0.25) is 0 Å². The minimum absolute atomic E-state index is 0.0566. The molecule has 0 saturated carbocycles. The Labute approximate surface area is 133 Å². The monoisotopic (exact) mass is 345 g/mol. The molecule has 0 aliphatic heterocycles. The van der Waals surface area contributed by atoms with Gasteiger partial charge in [0.05, 0.1) is 11.5 Å². The van der Waals surface area contributed by atoms with Crippen molar-refractivity contribution in [2.45, 2.75) is 18.2 Å². The van der Waals surface area contributed by atoms with Gasteiger partial charge in [0.1, 0.15) is 11.3 Å². The SMILES string of the molecule is CCSCCCOc1ccc(S(=O)(=O)Cl)c2cccnc12. The molecule has 0 saturated heterocycles. The van der Waals surface area contributed by atoms with E-state index in [9.17, 15) is 8.42 Å². The molecule has 21 heavy (non-hydrogen) atoms. The van der Waals surface area contributed by atoms with E-state index in [1.807, 2.05) is 11.8 Å². The number of thioether (sulfide) groups is 1. The van der Waals surface area contributed by atoms with E-state index < -0.39 is 9.05 Å². The predicted octanol–water partition coefficient (Wildman–Crippen LogP) is 3.68. The Balaban J connectivity index is 2.26. The summed E-state index contributed by atoms with van der Waals surface area (Å²) in [6.45, 7) is 2.69. The molecule has 1 aromatic carbocycles. The minimum Gasteiger partial charge on any atom is -0.491 e. The summed E-state index contributed by atoms with van der Waals surface area (Å²) in [6.07, 6.45) is 2.54. The molecule has 0 aliphatic carbocycles. The van der Waals surface area contributed by atoms with Gasteiger partial charge in [-0.25, -0.2) is 8.42 Å². The molecule has 0 atom stereocenters. The Morgan fingerprint density at radius 3 is 2.86 bits per heavy atom. The Kier molecular flexibility index (Phi) is 5.72. The first-order chi connectivity index (χ1) is 10.0. The number of rotatable bonds is 7. The second-order valence-electron chi connectivity index (χ2n) is 4.30. The average Bonchev–Trinajstić information content (AvgIpc) is 2.45. The van der Waals surface area contributed by atoms with Crippen molar-refractivity contribution in [2.75, 3.05) is 18.1 Å². The Bertz CT molecular complexity index is 719. The quantitative estimate of drug-likeness (QED) is 0.566. The average molecular weight is 346 g/mol. The molecule has 0 amide bonds. The third kappa shape index (κ3) is 4.25. The second-order valence-corrected chi connectivity index (χ2v) is 8.23. The lowest BCUT2D eigenvalue weighted by molar-refractivity contribution is 0.321. The molecule has 4 nitrogen and oxygen atoms in total. The molecule has 2 rings (SSSR count). The Morgan fingerprint density at radius 1 is 1.33 bits per heavy atom. The first-order valence-corrected chi connectivity index (χ1v) is 10.0. The third-order valence-corrected chi connectivity index (χ3v) is 5.22. The molecule has 1 aromatic heterocycles. The zero-order valence-electron chi connectivity index (χ0n) is 11.6. The van der Waals surface area contributed by atoms with Gasteiger partial charge < -0.3 is 4.74 Å². The first-order valence-electron chi connectivity index (χ1n) is 6.57. The van der Waals surface area contributed by atoms with Crippen molar-refractivity contribution < 1.29 is 13.2 Å². The van der Waals surface area contributed by atoms with Crippen LogP contribution < -0.4 is 4.74 Å². The van der Waals surface area contributed by atoms with Gasteiger partial charge in [0, 0.05) is 22.3 Å². The molecule has 1 heterocycles. The van der Waals surface area contributed by atoms with Crippen LogP contribution in [0.4, 0.5) is 0 Å². The van der Waals surface area contributed by atoms with Crippen LogP contribution in [0.15, 0.2) is 35.4 Å². The lowest BCUT2D eigenvalue weighted by Crippen LogP contribution is -2.01. The van der Waals surface area contributed by atoms with Crippen molar-refractivity contribution >= 4 is 42.4 Å². The van der Waals surface area contributed by atoms with E-state index in [-0.39, 0.29) is 4.90 Å². The molecule has 0 N–H and O–H groups in total. The standard InChI is InChI=1S/C14H16ClNO3S2/c1-2-20-10-4-9-19-12-6-7-13(21(15,17)18)11-5-3-8-16-14(11)12/h3,5-8H,2,4,9-10H2,1H3. The van der Waals surface area contributed by atoms with Crippen LogP contribution in [0.5, 0.6) is 5.75 Å². The number of fused-ring (bicyclic) bond motifs is 1. The highest BCUT2D eigenvalue weighted by atomic mass is 35.7. The minimum atomic E-state index is -3.81. The maximum Gasteiger partial charge on any atom is 0.261 e. The molecule has 0 unspecified atom stereocenters. The smallest absolute Gasteiger partial charge is 0.261 e. The van der Waals surface area contributed by atoms with Crippen molar-refractivity contribution in [3.8, 4) is 5.75 Å². The fraction of sp³-hybridized carbons (Fsp3) is 0.357. The summed E-state index contributed by atoms with van der Waals surface area (Å²) in [5.41, 5.74) is 0.516. The van der Waals surface area contributed by atoms with Crippen LogP contribution in [0.2, 0.25) is 0 Å². The van der Waals surface area contributed by atoms with Gasteiger partial charge >= 0.3 is 0 Å². The zero-order chi connectivity index (χ0) is 15.3. The van der Waals surface area contributed by atoms with Crippen molar-refractivity contribution in [3.63, 3.8) is 0 Å². The number of nitrogens with zero attached hydrogens (tertiary/aromatic N) is 1. The number of pyridine rings is 1.